The van der Waals surface area contributed by atoms with Crippen LogP contribution in [0.1, 0.15) is 0 Å². The van der Waals surface area contributed by atoms with Crippen LogP contribution in [-0.4, -0.2) is 45.6 Å². The lowest BCUT2D eigenvalue weighted by molar-refractivity contribution is -0.137. The average molecular weight is 337 g/mol. The van der Waals surface area contributed by atoms with Crippen LogP contribution in [0.5, 0.6) is 5.75 Å². The van der Waals surface area contributed by atoms with Gasteiger partial charge < -0.3 is 15.2 Å². The van der Waals surface area contributed by atoms with E-state index in [1.165, 1.54) is 25.3 Å². The molecule has 0 fully saturated rings. The Morgan fingerprint density at radius 3 is 2.57 bits per heavy atom. The van der Waals surface area contributed by atoms with Crippen LogP contribution in [0, 0.1) is 0 Å². The summed E-state index contributed by atoms with van der Waals surface area (Å²) in [6.07, 6.45) is 0. The summed E-state index contributed by atoms with van der Waals surface area (Å²) < 4.78 is 31.0. The van der Waals surface area contributed by atoms with Gasteiger partial charge >= 0.3 is 5.97 Å². The molecule has 116 valence electrons. The molecule has 0 heterocycles. The number of nitrogens with one attached hydrogen (secondary N) is 2. The highest BCUT2D eigenvalue weighted by atomic mass is 35.5. The summed E-state index contributed by atoms with van der Waals surface area (Å²) in [5, 5.41) is 10.7. The molecule has 0 bridgehead atoms. The van der Waals surface area contributed by atoms with Crippen molar-refractivity contribution in [3.8, 4) is 5.75 Å². The number of amides is 1. The molecule has 1 rings (SSSR count). The topological polar surface area (TPSA) is 122 Å². The van der Waals surface area contributed by atoms with Gasteiger partial charge in [0.15, 0.2) is 0 Å². The third kappa shape index (κ3) is 5.21. The van der Waals surface area contributed by atoms with Crippen molar-refractivity contribution in [1.82, 2.24) is 10.0 Å². The summed E-state index contributed by atoms with van der Waals surface area (Å²) in [7, 11) is -2.71. The highest BCUT2D eigenvalue weighted by Crippen LogP contribution is 2.26. The van der Waals surface area contributed by atoms with Crippen LogP contribution >= 0.6 is 11.6 Å². The Morgan fingerprint density at radius 1 is 1.33 bits per heavy atom. The van der Waals surface area contributed by atoms with Gasteiger partial charge in [-0.05, 0) is 12.1 Å². The molecule has 10 heteroatoms. The number of sulfonamides is 1. The minimum absolute atomic E-state index is 0.0287. The smallest absolute Gasteiger partial charge is 0.322 e. The summed E-state index contributed by atoms with van der Waals surface area (Å²) in [4.78, 5) is 21.4. The number of methoxy groups -OCH3 is 1. The van der Waals surface area contributed by atoms with Crippen molar-refractivity contribution in [2.75, 3.05) is 20.2 Å². The van der Waals surface area contributed by atoms with Crippen molar-refractivity contribution in [3.05, 3.63) is 23.2 Å². The fourth-order valence-corrected chi connectivity index (χ4v) is 2.63. The Labute approximate surface area is 126 Å². The second-order valence-corrected chi connectivity index (χ2v) is 5.96. The van der Waals surface area contributed by atoms with Gasteiger partial charge in [-0.25, -0.2) is 13.1 Å². The second kappa shape index (κ2) is 7.25. The molecule has 0 aromatic heterocycles. The summed E-state index contributed by atoms with van der Waals surface area (Å²) in [6, 6.07) is 3.92. The predicted octanol–water partition coefficient (Wildman–Crippen LogP) is -0.172. The molecule has 0 unspecified atom stereocenters. The number of aliphatic carboxylic acids is 1. The summed E-state index contributed by atoms with van der Waals surface area (Å²) in [6.45, 7) is -1.19. The normalized spacial score (nSPS) is 11.0. The molecule has 21 heavy (non-hydrogen) atoms. The highest BCUT2D eigenvalue weighted by Gasteiger charge is 2.20. The molecule has 0 aliphatic carbocycles. The molecule has 0 saturated heterocycles. The van der Waals surface area contributed by atoms with Crippen molar-refractivity contribution >= 4 is 33.5 Å². The van der Waals surface area contributed by atoms with E-state index in [1.54, 1.807) is 0 Å². The van der Waals surface area contributed by atoms with Crippen molar-refractivity contribution in [1.29, 1.82) is 0 Å². The minimum Gasteiger partial charge on any atom is -0.495 e. The first-order valence-corrected chi connectivity index (χ1v) is 7.44. The zero-order valence-corrected chi connectivity index (χ0v) is 12.5. The standard InChI is InChI=1S/C11H13ClN2O6S/c1-20-8-4-7(12)2-3-9(8)21(18,19)14-5-10(15)13-6-11(16)17/h2-4,14H,5-6H2,1H3,(H,13,15)(H,16,17). The van der Waals surface area contributed by atoms with Gasteiger partial charge in [0.1, 0.15) is 17.2 Å². The SMILES string of the molecule is COc1cc(Cl)ccc1S(=O)(=O)NCC(=O)NCC(=O)O. The van der Waals surface area contributed by atoms with Crippen molar-refractivity contribution in [2.45, 2.75) is 4.90 Å². The predicted molar refractivity (Wildman–Crippen MR) is 73.8 cm³/mol. The van der Waals surface area contributed by atoms with Crippen LogP contribution in [-0.2, 0) is 19.6 Å². The first-order valence-electron chi connectivity index (χ1n) is 5.58. The Kier molecular flexibility index (Phi) is 5.94. The molecular formula is C11H13ClN2O6S. The Morgan fingerprint density at radius 2 is 2.00 bits per heavy atom. The molecule has 0 aliphatic heterocycles. The maximum atomic E-state index is 12.0. The van der Waals surface area contributed by atoms with Gasteiger partial charge in [0.05, 0.1) is 13.7 Å². The van der Waals surface area contributed by atoms with Crippen LogP contribution in [0.15, 0.2) is 23.1 Å². The second-order valence-electron chi connectivity index (χ2n) is 3.79. The van der Waals surface area contributed by atoms with Crippen molar-refractivity contribution in [2.24, 2.45) is 0 Å². The number of carbonyl (C=O) groups excluding carboxylic acids is 1. The number of carbonyl (C=O) groups is 2. The van der Waals surface area contributed by atoms with Crippen LogP contribution in [0.4, 0.5) is 0 Å². The van der Waals surface area contributed by atoms with Gasteiger partial charge in [-0.3, -0.25) is 9.59 Å². The van der Waals surface area contributed by atoms with E-state index < -0.39 is 35.0 Å². The van der Waals surface area contributed by atoms with E-state index in [0.29, 0.717) is 5.02 Å². The lowest BCUT2D eigenvalue weighted by Crippen LogP contribution is -2.39. The van der Waals surface area contributed by atoms with E-state index in [2.05, 4.69) is 0 Å². The zero-order valence-electron chi connectivity index (χ0n) is 10.9. The number of hydrogen-bond donors (Lipinski definition) is 3. The van der Waals surface area contributed by atoms with E-state index in [9.17, 15) is 18.0 Å². The number of carboxylic acids is 1. The van der Waals surface area contributed by atoms with Gasteiger partial charge in [0.25, 0.3) is 0 Å². The Bertz CT molecular complexity index is 646. The van der Waals surface area contributed by atoms with Gasteiger partial charge in [-0.15, -0.1) is 0 Å². The number of ether oxygens (including phenoxy) is 1. The monoisotopic (exact) mass is 336 g/mol. The summed E-state index contributed by atoms with van der Waals surface area (Å²) in [5.41, 5.74) is 0. The van der Waals surface area contributed by atoms with Crippen LogP contribution in [0.25, 0.3) is 0 Å². The molecule has 1 aromatic rings. The highest BCUT2D eigenvalue weighted by molar-refractivity contribution is 7.89. The maximum absolute atomic E-state index is 12.0. The molecule has 0 radical (unpaired) electrons. The molecule has 8 nitrogen and oxygen atoms in total. The number of rotatable bonds is 7. The molecule has 0 saturated carbocycles. The van der Waals surface area contributed by atoms with Gasteiger partial charge in [-0.1, -0.05) is 11.6 Å². The molecule has 0 atom stereocenters. The summed E-state index contributed by atoms with van der Waals surface area (Å²) in [5.74, 6) is -1.97. The average Bonchev–Trinajstić information content (AvgIpc) is 2.42. The van der Waals surface area contributed by atoms with Gasteiger partial charge in [0.2, 0.25) is 15.9 Å². The maximum Gasteiger partial charge on any atom is 0.322 e. The Hall–Kier alpha value is -1.84. The van der Waals surface area contributed by atoms with Crippen LogP contribution < -0.4 is 14.8 Å². The number of benzene rings is 1. The molecule has 3 N–H and O–H groups in total. The lowest BCUT2D eigenvalue weighted by atomic mass is 10.3. The molecule has 0 spiro atoms. The van der Waals surface area contributed by atoms with E-state index in [1.807, 2.05) is 10.0 Å². The van der Waals surface area contributed by atoms with Crippen molar-refractivity contribution in [3.63, 3.8) is 0 Å². The van der Waals surface area contributed by atoms with E-state index in [4.69, 9.17) is 21.4 Å². The first kappa shape index (κ1) is 17.2. The molecular weight excluding hydrogens is 324 g/mol. The Balaban J connectivity index is 2.78. The third-order valence-electron chi connectivity index (χ3n) is 2.27. The summed E-state index contributed by atoms with van der Waals surface area (Å²) >= 11 is 5.73. The number of carboxylic acid groups (broad SMARTS) is 1. The van der Waals surface area contributed by atoms with E-state index in [0.717, 1.165) is 0 Å². The fourth-order valence-electron chi connectivity index (χ4n) is 1.34. The van der Waals surface area contributed by atoms with E-state index >= 15 is 0 Å². The first-order chi connectivity index (χ1) is 9.76. The fraction of sp³-hybridized carbons (Fsp3) is 0.273. The lowest BCUT2D eigenvalue weighted by Gasteiger charge is -2.10. The quantitative estimate of drug-likeness (QED) is 0.635. The minimum atomic E-state index is -4.00. The van der Waals surface area contributed by atoms with E-state index in [-0.39, 0.29) is 10.6 Å². The van der Waals surface area contributed by atoms with Crippen molar-refractivity contribution < 1.29 is 27.9 Å². The molecule has 0 aliphatic rings. The zero-order chi connectivity index (χ0) is 16.0. The van der Waals surface area contributed by atoms with Crippen LogP contribution in [0.3, 0.4) is 0 Å². The number of halogens is 1. The largest absolute Gasteiger partial charge is 0.495 e. The molecule has 1 amide bonds. The van der Waals surface area contributed by atoms with Crippen LogP contribution in [0.2, 0.25) is 5.02 Å². The number of hydrogen-bond acceptors (Lipinski definition) is 5. The van der Waals surface area contributed by atoms with Gasteiger partial charge in [-0.2, -0.15) is 0 Å². The van der Waals surface area contributed by atoms with Gasteiger partial charge in [0, 0.05) is 11.1 Å². The molecule has 1 aromatic carbocycles. The third-order valence-corrected chi connectivity index (χ3v) is 3.95.